The fraction of sp³-hybridized carbons (Fsp3) is 0. The van der Waals surface area contributed by atoms with Crippen molar-refractivity contribution in [2.75, 3.05) is 0 Å². The van der Waals surface area contributed by atoms with Crippen LogP contribution in [0.2, 0.25) is 0 Å². The van der Waals surface area contributed by atoms with Gasteiger partial charge in [0.25, 0.3) is 0 Å². The van der Waals surface area contributed by atoms with Crippen molar-refractivity contribution in [2.24, 2.45) is 0 Å². The lowest BCUT2D eigenvalue weighted by atomic mass is 9.97. The first-order valence-corrected chi connectivity index (χ1v) is 12.6. The van der Waals surface area contributed by atoms with E-state index in [-0.39, 0.29) is 0 Å². The monoisotopic (exact) mass is 526 g/mol. The molecule has 0 atom stereocenters. The third kappa shape index (κ3) is 3.50. The van der Waals surface area contributed by atoms with E-state index in [1.807, 2.05) is 30.5 Å². The molecule has 0 aliphatic rings. The summed E-state index contributed by atoms with van der Waals surface area (Å²) >= 11 is 3.59. The zero-order valence-corrected chi connectivity index (χ0v) is 20.7. The van der Waals surface area contributed by atoms with Gasteiger partial charge in [0, 0.05) is 44.2 Å². The van der Waals surface area contributed by atoms with Crippen molar-refractivity contribution in [3.8, 4) is 33.5 Å². The molecule has 7 rings (SSSR count). The summed E-state index contributed by atoms with van der Waals surface area (Å²) in [6.45, 7) is 0. The number of fused-ring (bicyclic) bond motifs is 4. The SMILES string of the molecule is Brc1ccc2oc3c(-c4cccc(-c5cc(-c6ccccc6)c6cnccc6n5)c4)cccc3c2c1. The Bertz CT molecular complexity index is 1910. The number of rotatable bonds is 3. The highest BCUT2D eigenvalue weighted by molar-refractivity contribution is 9.10. The fourth-order valence-corrected chi connectivity index (χ4v) is 5.28. The molecule has 0 spiro atoms. The predicted octanol–water partition coefficient (Wildman–Crippen LogP) is 9.29. The first-order valence-electron chi connectivity index (χ1n) is 11.8. The van der Waals surface area contributed by atoms with Gasteiger partial charge < -0.3 is 4.42 Å². The third-order valence-corrected chi connectivity index (χ3v) is 7.12. The van der Waals surface area contributed by atoms with Gasteiger partial charge in [0.2, 0.25) is 0 Å². The van der Waals surface area contributed by atoms with E-state index in [0.29, 0.717) is 0 Å². The number of hydrogen-bond donors (Lipinski definition) is 0. The van der Waals surface area contributed by atoms with E-state index in [1.54, 1.807) is 6.20 Å². The average molecular weight is 527 g/mol. The Morgan fingerprint density at radius 1 is 0.611 bits per heavy atom. The number of nitrogens with zero attached hydrogens (tertiary/aromatic N) is 2. The second-order valence-electron chi connectivity index (χ2n) is 8.82. The number of benzene rings is 4. The molecule has 7 aromatic rings. The fourth-order valence-electron chi connectivity index (χ4n) is 4.92. The highest BCUT2D eigenvalue weighted by atomic mass is 79.9. The van der Waals surface area contributed by atoms with Crippen LogP contribution in [-0.4, -0.2) is 9.97 Å². The van der Waals surface area contributed by atoms with Gasteiger partial charge in [-0.25, -0.2) is 4.98 Å². The minimum Gasteiger partial charge on any atom is -0.455 e. The summed E-state index contributed by atoms with van der Waals surface area (Å²) in [5, 5.41) is 3.26. The van der Waals surface area contributed by atoms with Crippen molar-refractivity contribution in [1.29, 1.82) is 0 Å². The number of aromatic nitrogens is 2. The van der Waals surface area contributed by atoms with E-state index in [4.69, 9.17) is 9.40 Å². The minimum atomic E-state index is 0.883. The van der Waals surface area contributed by atoms with Gasteiger partial charge in [-0.2, -0.15) is 0 Å². The largest absolute Gasteiger partial charge is 0.455 e. The van der Waals surface area contributed by atoms with E-state index in [0.717, 1.165) is 70.8 Å². The molecule has 0 unspecified atom stereocenters. The van der Waals surface area contributed by atoms with E-state index < -0.39 is 0 Å². The van der Waals surface area contributed by atoms with Gasteiger partial charge in [0.05, 0.1) is 11.2 Å². The molecule has 0 amide bonds. The van der Waals surface area contributed by atoms with Gasteiger partial charge in [-0.15, -0.1) is 0 Å². The Morgan fingerprint density at radius 3 is 2.36 bits per heavy atom. The van der Waals surface area contributed by atoms with Gasteiger partial charge in [-0.1, -0.05) is 82.7 Å². The molecule has 3 heterocycles. The molecule has 0 aliphatic carbocycles. The number of para-hydroxylation sites is 1. The highest BCUT2D eigenvalue weighted by Gasteiger charge is 2.14. The van der Waals surface area contributed by atoms with E-state index in [2.05, 4.69) is 99.8 Å². The van der Waals surface area contributed by atoms with E-state index in [1.165, 1.54) is 0 Å². The van der Waals surface area contributed by atoms with Crippen LogP contribution in [0.5, 0.6) is 0 Å². The van der Waals surface area contributed by atoms with Crippen molar-refractivity contribution in [3.63, 3.8) is 0 Å². The average Bonchev–Trinajstić information content (AvgIpc) is 3.31. The molecule has 0 saturated carbocycles. The smallest absolute Gasteiger partial charge is 0.143 e. The van der Waals surface area contributed by atoms with Crippen molar-refractivity contribution >= 4 is 48.8 Å². The molecule has 4 heteroatoms. The van der Waals surface area contributed by atoms with Crippen LogP contribution < -0.4 is 0 Å². The maximum atomic E-state index is 6.33. The maximum Gasteiger partial charge on any atom is 0.143 e. The Morgan fingerprint density at radius 2 is 1.44 bits per heavy atom. The molecule has 36 heavy (non-hydrogen) atoms. The molecule has 0 fully saturated rings. The van der Waals surface area contributed by atoms with Crippen LogP contribution in [0.15, 0.2) is 124 Å². The Hall–Kier alpha value is -4.28. The van der Waals surface area contributed by atoms with Gasteiger partial charge >= 0.3 is 0 Å². The van der Waals surface area contributed by atoms with Crippen LogP contribution in [0.4, 0.5) is 0 Å². The van der Waals surface area contributed by atoms with E-state index >= 15 is 0 Å². The Labute approximate surface area is 216 Å². The summed E-state index contributed by atoms with van der Waals surface area (Å²) in [7, 11) is 0. The van der Waals surface area contributed by atoms with Gasteiger partial charge in [0.1, 0.15) is 11.2 Å². The lowest BCUT2D eigenvalue weighted by molar-refractivity contribution is 0.670. The summed E-state index contributed by atoms with van der Waals surface area (Å²) in [6, 6.07) is 35.5. The highest BCUT2D eigenvalue weighted by Crippen LogP contribution is 2.38. The standard InChI is InChI=1S/C32H19BrN2O/c33-23-12-13-31-27(17-23)25-11-5-10-24(32(25)36-31)21-8-4-9-22(16-21)30-18-26(20-6-2-1-3-7-20)28-19-34-15-14-29(28)35-30/h1-19H. The lowest BCUT2D eigenvalue weighted by Gasteiger charge is -2.11. The van der Waals surface area contributed by atoms with Crippen molar-refractivity contribution in [1.82, 2.24) is 9.97 Å². The zero-order chi connectivity index (χ0) is 24.1. The van der Waals surface area contributed by atoms with Gasteiger partial charge in [-0.05, 0) is 53.1 Å². The molecular weight excluding hydrogens is 508 g/mol. The predicted molar refractivity (Wildman–Crippen MR) is 151 cm³/mol. The van der Waals surface area contributed by atoms with Crippen LogP contribution >= 0.6 is 15.9 Å². The van der Waals surface area contributed by atoms with Crippen LogP contribution in [-0.2, 0) is 0 Å². The quantitative estimate of drug-likeness (QED) is 0.230. The molecule has 0 saturated heterocycles. The number of halogens is 1. The number of pyridine rings is 2. The summed E-state index contributed by atoms with van der Waals surface area (Å²) in [5.74, 6) is 0. The van der Waals surface area contributed by atoms with E-state index in [9.17, 15) is 0 Å². The second-order valence-corrected chi connectivity index (χ2v) is 9.74. The molecular formula is C32H19BrN2O. The normalized spacial score (nSPS) is 11.5. The molecule has 0 radical (unpaired) electrons. The number of hydrogen-bond acceptors (Lipinski definition) is 3. The molecule has 4 aromatic carbocycles. The van der Waals surface area contributed by atoms with Crippen LogP contribution in [0, 0.1) is 0 Å². The first-order chi connectivity index (χ1) is 17.7. The Kier molecular flexibility index (Phi) is 4.93. The summed E-state index contributed by atoms with van der Waals surface area (Å²) < 4.78 is 7.37. The zero-order valence-electron chi connectivity index (χ0n) is 19.2. The third-order valence-electron chi connectivity index (χ3n) is 6.62. The van der Waals surface area contributed by atoms with Crippen LogP contribution in [0.3, 0.4) is 0 Å². The molecule has 3 aromatic heterocycles. The first kappa shape index (κ1) is 21.0. The summed E-state index contributed by atoms with van der Waals surface area (Å²) in [5.41, 5.74) is 9.11. The van der Waals surface area contributed by atoms with Crippen LogP contribution in [0.25, 0.3) is 66.4 Å². The molecule has 170 valence electrons. The van der Waals surface area contributed by atoms with Crippen molar-refractivity contribution in [3.05, 3.63) is 120 Å². The summed E-state index contributed by atoms with van der Waals surface area (Å²) in [6.07, 6.45) is 3.69. The summed E-state index contributed by atoms with van der Waals surface area (Å²) in [4.78, 5) is 9.36. The molecule has 0 N–H and O–H groups in total. The second kappa shape index (κ2) is 8.43. The van der Waals surface area contributed by atoms with Crippen molar-refractivity contribution in [2.45, 2.75) is 0 Å². The lowest BCUT2D eigenvalue weighted by Crippen LogP contribution is -1.91. The molecule has 0 bridgehead atoms. The molecule has 3 nitrogen and oxygen atoms in total. The van der Waals surface area contributed by atoms with Crippen LogP contribution in [0.1, 0.15) is 0 Å². The minimum absolute atomic E-state index is 0.883. The molecule has 0 aliphatic heterocycles. The Balaban J connectivity index is 1.42. The number of furan rings is 1. The van der Waals surface area contributed by atoms with Crippen molar-refractivity contribution < 1.29 is 4.42 Å². The van der Waals surface area contributed by atoms with Gasteiger partial charge in [-0.3, -0.25) is 4.98 Å². The topological polar surface area (TPSA) is 38.9 Å². The van der Waals surface area contributed by atoms with Gasteiger partial charge in [0.15, 0.2) is 0 Å². The maximum absolute atomic E-state index is 6.33.